The van der Waals surface area contributed by atoms with Gasteiger partial charge in [0.05, 0.1) is 16.4 Å². The van der Waals surface area contributed by atoms with Crippen LogP contribution < -0.4 is 10.2 Å². The molecule has 1 spiro atoms. The summed E-state index contributed by atoms with van der Waals surface area (Å²) in [5.41, 5.74) is 1.81. The van der Waals surface area contributed by atoms with E-state index >= 15 is 4.39 Å². The summed E-state index contributed by atoms with van der Waals surface area (Å²) >= 11 is 6.45. The molecule has 13 heteroatoms. The van der Waals surface area contributed by atoms with Crippen LogP contribution in [0.1, 0.15) is 64.1 Å². The molecule has 2 aromatic heterocycles. The van der Waals surface area contributed by atoms with Gasteiger partial charge in [0, 0.05) is 48.5 Å². The molecule has 0 unspecified atom stereocenters. The number of aryl methyl sites for hydroxylation is 1. The Morgan fingerprint density at radius 2 is 1.80 bits per heavy atom. The number of pyridine rings is 2. The number of nitrogens with zero attached hydrogens (tertiary/aromatic N) is 4. The van der Waals surface area contributed by atoms with Gasteiger partial charge in [0.25, 0.3) is 0 Å². The Kier molecular flexibility index (Phi) is 8.20. The van der Waals surface area contributed by atoms with E-state index in [1.54, 1.807) is 30.2 Å². The zero-order valence-electron chi connectivity index (χ0n) is 26.3. The first-order chi connectivity index (χ1) is 21.7. The van der Waals surface area contributed by atoms with Crippen molar-refractivity contribution < 1.29 is 33.4 Å². The third-order valence-corrected chi connectivity index (χ3v) is 9.54. The number of carbonyl (C=O) groups excluding carboxylic acids is 2. The summed E-state index contributed by atoms with van der Waals surface area (Å²) in [6.07, 6.45) is 5.05. The summed E-state index contributed by atoms with van der Waals surface area (Å²) in [5, 5.41) is 13.2. The van der Waals surface area contributed by atoms with Gasteiger partial charge in [0.1, 0.15) is 23.3 Å². The van der Waals surface area contributed by atoms with Crippen LogP contribution in [0.5, 0.6) is 0 Å². The molecule has 2 fully saturated rings. The smallest absolute Gasteiger partial charge is 0.413 e. The van der Waals surface area contributed by atoms with E-state index in [1.165, 1.54) is 11.1 Å². The maximum atomic E-state index is 15.6. The highest BCUT2D eigenvalue weighted by atomic mass is 35.5. The van der Waals surface area contributed by atoms with Crippen LogP contribution in [0.2, 0.25) is 5.02 Å². The van der Waals surface area contributed by atoms with Crippen LogP contribution in [0.25, 0.3) is 21.9 Å². The molecule has 0 radical (unpaired) electrons. The normalized spacial score (nSPS) is 17.8. The number of aromatic nitrogens is 2. The summed E-state index contributed by atoms with van der Waals surface area (Å²) in [6.45, 7) is 8.85. The molecule has 244 valence electrons. The number of hydrogen-bond donors (Lipinski definition) is 2. The summed E-state index contributed by atoms with van der Waals surface area (Å²) in [6, 6.07) is 3.18. The maximum absolute atomic E-state index is 15.6. The van der Waals surface area contributed by atoms with Crippen LogP contribution >= 0.6 is 11.6 Å². The lowest BCUT2D eigenvalue weighted by molar-refractivity contribution is -0.0716. The van der Waals surface area contributed by atoms with E-state index in [0.29, 0.717) is 65.8 Å². The van der Waals surface area contributed by atoms with Crippen LogP contribution in [0, 0.1) is 18.2 Å². The number of carbonyl (C=O) groups is 3. The summed E-state index contributed by atoms with van der Waals surface area (Å²) < 4.78 is 26.8. The van der Waals surface area contributed by atoms with E-state index in [4.69, 9.17) is 21.1 Å². The number of amides is 3. The first-order valence-electron chi connectivity index (χ1n) is 15.5. The molecule has 11 nitrogen and oxygen atoms in total. The van der Waals surface area contributed by atoms with Crippen molar-refractivity contribution in [3.05, 3.63) is 46.6 Å². The van der Waals surface area contributed by atoms with Crippen LogP contribution in [-0.2, 0) is 15.9 Å². The number of anilines is 2. The lowest BCUT2D eigenvalue weighted by atomic mass is 9.61. The Hall–Kier alpha value is -4.19. The molecule has 0 atom stereocenters. The molecule has 6 rings (SSSR count). The second-order valence-corrected chi connectivity index (χ2v) is 13.9. The van der Waals surface area contributed by atoms with E-state index in [1.807, 2.05) is 20.8 Å². The van der Waals surface area contributed by atoms with Gasteiger partial charge in [-0.2, -0.15) is 0 Å². The van der Waals surface area contributed by atoms with E-state index in [-0.39, 0.29) is 34.0 Å². The molecule has 1 saturated heterocycles. The van der Waals surface area contributed by atoms with Crippen LogP contribution in [0.3, 0.4) is 0 Å². The molecule has 2 N–H and O–H groups in total. The highest BCUT2D eigenvalue weighted by Crippen LogP contribution is 2.50. The lowest BCUT2D eigenvalue weighted by Crippen LogP contribution is -2.52. The fraction of sp³-hybridized carbons (Fsp3) is 0.485. The number of piperidine rings is 1. The van der Waals surface area contributed by atoms with Crippen molar-refractivity contribution >= 4 is 52.2 Å². The number of halogens is 2. The van der Waals surface area contributed by atoms with Crippen molar-refractivity contribution in [2.24, 2.45) is 5.41 Å². The predicted octanol–water partition coefficient (Wildman–Crippen LogP) is 7.56. The molecule has 1 aromatic carbocycles. The molecule has 46 heavy (non-hydrogen) atoms. The Morgan fingerprint density at radius 3 is 2.48 bits per heavy atom. The van der Waals surface area contributed by atoms with Crippen molar-refractivity contribution in [2.75, 3.05) is 29.9 Å². The van der Waals surface area contributed by atoms with Gasteiger partial charge in [-0.25, -0.2) is 23.8 Å². The molecular weight excluding hydrogens is 617 g/mol. The summed E-state index contributed by atoms with van der Waals surface area (Å²) in [7, 11) is 0. The molecule has 0 bridgehead atoms. The predicted molar refractivity (Wildman–Crippen MR) is 171 cm³/mol. The number of fused-ring (bicyclic) bond motifs is 2. The third-order valence-electron chi connectivity index (χ3n) is 9.17. The van der Waals surface area contributed by atoms with Crippen molar-refractivity contribution in [1.29, 1.82) is 0 Å². The fourth-order valence-corrected chi connectivity index (χ4v) is 7.09. The third kappa shape index (κ3) is 6.14. The maximum Gasteiger partial charge on any atom is 0.413 e. The molecule has 1 aliphatic carbocycles. The van der Waals surface area contributed by atoms with Crippen LogP contribution in [-0.4, -0.2) is 69.6 Å². The first-order valence-corrected chi connectivity index (χ1v) is 15.8. The van der Waals surface area contributed by atoms with Gasteiger partial charge in [-0.05, 0) is 94.7 Å². The Bertz CT molecular complexity index is 1730. The van der Waals surface area contributed by atoms with Gasteiger partial charge < -0.3 is 19.5 Å². The second kappa shape index (κ2) is 11.9. The molecule has 2 aliphatic heterocycles. The number of carboxylic acid groups (broad SMARTS) is 1. The Balaban J connectivity index is 1.13. The van der Waals surface area contributed by atoms with Gasteiger partial charge in [-0.1, -0.05) is 11.6 Å². The molecule has 4 heterocycles. The van der Waals surface area contributed by atoms with E-state index in [2.05, 4.69) is 15.3 Å². The molecule has 3 aromatic rings. The number of ether oxygens (including phenoxy) is 2. The number of hydrogen-bond acceptors (Lipinski definition) is 7. The van der Waals surface area contributed by atoms with E-state index < -0.39 is 23.6 Å². The minimum absolute atomic E-state index is 0.0487. The second-order valence-electron chi connectivity index (χ2n) is 13.5. The van der Waals surface area contributed by atoms with E-state index in [0.717, 1.165) is 25.7 Å². The van der Waals surface area contributed by atoms with Gasteiger partial charge in [0.15, 0.2) is 0 Å². The van der Waals surface area contributed by atoms with Crippen molar-refractivity contribution in [1.82, 2.24) is 14.9 Å². The summed E-state index contributed by atoms with van der Waals surface area (Å²) in [4.78, 5) is 48.8. The highest BCUT2D eigenvalue weighted by molar-refractivity contribution is 6.36. The summed E-state index contributed by atoms with van der Waals surface area (Å²) in [5.74, 6) is -0.461. The number of benzene rings is 1. The zero-order chi connectivity index (χ0) is 33.0. The van der Waals surface area contributed by atoms with Gasteiger partial charge in [0.2, 0.25) is 0 Å². The van der Waals surface area contributed by atoms with Crippen LogP contribution in [0.4, 0.5) is 30.3 Å². The van der Waals surface area contributed by atoms with E-state index in [9.17, 15) is 19.5 Å². The van der Waals surface area contributed by atoms with Gasteiger partial charge >= 0.3 is 18.3 Å². The Labute approximate surface area is 271 Å². The minimum Gasteiger partial charge on any atom is -0.465 e. The largest absolute Gasteiger partial charge is 0.465 e. The first kappa shape index (κ1) is 31.8. The molecular formula is C33H37ClFN5O6. The van der Waals surface area contributed by atoms with Gasteiger partial charge in [-0.15, -0.1) is 0 Å². The molecule has 1 saturated carbocycles. The Morgan fingerprint density at radius 1 is 1.09 bits per heavy atom. The van der Waals surface area contributed by atoms with Crippen LogP contribution in [0.15, 0.2) is 24.5 Å². The topological polar surface area (TPSA) is 134 Å². The van der Waals surface area contributed by atoms with Crippen molar-refractivity contribution in [3.8, 4) is 11.1 Å². The lowest BCUT2D eigenvalue weighted by Gasteiger charge is -2.51. The standard InChI is InChI=1S/C33H37ClFN5O6/c1-18-22(16-36-24-6-5-9-40(28(18)24)30(42)43)21-12-19-13-25(37-17-23(19)26(34)27(21)35)38-29(41)45-20-14-33(15-20)7-10-39(11-8-33)31(44)46-32(2,3)4/h12-13,16-17,20H,5-11,14-15H2,1-4H3,(H,42,43)(H,37,38,41). The highest BCUT2D eigenvalue weighted by Gasteiger charge is 2.48. The molecule has 3 amide bonds. The number of likely N-dealkylation sites (tertiary alicyclic amines) is 1. The number of nitrogens with one attached hydrogen (secondary N) is 1. The van der Waals surface area contributed by atoms with Crippen molar-refractivity contribution in [3.63, 3.8) is 0 Å². The average Bonchev–Trinajstić information content (AvgIpc) is 2.97. The number of rotatable bonds is 3. The average molecular weight is 654 g/mol. The van der Waals surface area contributed by atoms with Gasteiger partial charge in [-0.3, -0.25) is 15.2 Å². The fourth-order valence-electron chi connectivity index (χ4n) is 6.83. The SMILES string of the molecule is Cc1c(-c2cc3cc(NC(=O)OC4CC5(CCN(C(=O)OC(C)(C)C)CC5)C4)ncc3c(Cl)c2F)cnc2c1N(C(=O)O)CCC2. The zero-order valence-corrected chi connectivity index (χ0v) is 27.0. The minimum atomic E-state index is -1.09. The monoisotopic (exact) mass is 653 g/mol. The molecule has 3 aliphatic rings. The quantitative estimate of drug-likeness (QED) is 0.296. The van der Waals surface area contributed by atoms with Crippen molar-refractivity contribution in [2.45, 2.75) is 77.9 Å².